The normalized spacial score (nSPS) is 25.6. The van der Waals surface area contributed by atoms with E-state index in [0.29, 0.717) is 25.1 Å². The second-order valence-electron chi connectivity index (χ2n) is 3.79. The van der Waals surface area contributed by atoms with Crippen LogP contribution in [0.1, 0.15) is 12.8 Å². The highest BCUT2D eigenvalue weighted by molar-refractivity contribution is 5.83. The summed E-state index contributed by atoms with van der Waals surface area (Å²) in [5.74, 6) is -0.154. The average molecular weight is 222 g/mol. The number of nitrogens with two attached hydrogens (primary N) is 1. The first-order valence-corrected chi connectivity index (χ1v) is 5.16. The Bertz CT molecular complexity index is 382. The molecule has 1 fully saturated rings. The molecule has 0 unspecified atom stereocenters. The number of carbonyl (C=O) groups is 1. The molecule has 0 saturated carbocycles. The van der Waals surface area contributed by atoms with Gasteiger partial charge in [0, 0.05) is 13.0 Å². The maximum atomic E-state index is 11.4. The fraction of sp³-hybridized carbons (Fsp3) is 0.364. The molecule has 2 rings (SSSR count). The molecule has 1 heterocycles. The van der Waals surface area contributed by atoms with Crippen LogP contribution in [0.5, 0.6) is 5.75 Å². The van der Waals surface area contributed by atoms with Crippen molar-refractivity contribution < 1.29 is 14.7 Å². The van der Waals surface area contributed by atoms with Crippen LogP contribution in [0.15, 0.2) is 30.3 Å². The Morgan fingerprint density at radius 2 is 2.12 bits per heavy atom. The van der Waals surface area contributed by atoms with E-state index in [-0.39, 0.29) is 0 Å². The van der Waals surface area contributed by atoms with Crippen molar-refractivity contribution in [1.82, 2.24) is 5.06 Å². The van der Waals surface area contributed by atoms with Crippen LogP contribution in [0, 0.1) is 0 Å². The van der Waals surface area contributed by atoms with Crippen molar-refractivity contribution in [3.63, 3.8) is 0 Å². The summed E-state index contributed by atoms with van der Waals surface area (Å²) in [6.07, 6.45) is 1.07. The van der Waals surface area contributed by atoms with Crippen molar-refractivity contribution in [2.75, 3.05) is 6.54 Å². The van der Waals surface area contributed by atoms with Gasteiger partial charge in [0.25, 0.3) is 11.6 Å². The van der Waals surface area contributed by atoms with Crippen LogP contribution in [0.4, 0.5) is 0 Å². The minimum absolute atomic E-state index is 0.385. The number of nitrogens with zero attached hydrogens (tertiary/aromatic N) is 1. The quantitative estimate of drug-likeness (QED) is 0.790. The molecule has 0 aliphatic carbocycles. The first-order valence-electron chi connectivity index (χ1n) is 5.16. The van der Waals surface area contributed by atoms with Crippen LogP contribution < -0.4 is 10.5 Å². The second kappa shape index (κ2) is 4.11. The second-order valence-corrected chi connectivity index (χ2v) is 3.79. The molecule has 1 saturated heterocycles. The third kappa shape index (κ3) is 1.75. The van der Waals surface area contributed by atoms with Crippen LogP contribution in [0.3, 0.4) is 0 Å². The highest BCUT2D eigenvalue weighted by Gasteiger charge is 2.48. The van der Waals surface area contributed by atoms with Gasteiger partial charge in [0.05, 0.1) is 0 Å². The van der Waals surface area contributed by atoms with Crippen molar-refractivity contribution >= 4 is 5.91 Å². The lowest BCUT2D eigenvalue weighted by Gasteiger charge is -2.31. The van der Waals surface area contributed by atoms with Gasteiger partial charge in [-0.3, -0.25) is 4.79 Å². The van der Waals surface area contributed by atoms with Crippen molar-refractivity contribution in [3.05, 3.63) is 30.3 Å². The number of rotatable bonds is 3. The lowest BCUT2D eigenvalue weighted by molar-refractivity contribution is -0.220. The number of carbonyl (C=O) groups excluding carboxylic acids is 1. The van der Waals surface area contributed by atoms with Crippen LogP contribution in [-0.2, 0) is 4.79 Å². The molecule has 0 aromatic heterocycles. The predicted molar refractivity (Wildman–Crippen MR) is 56.7 cm³/mol. The zero-order chi connectivity index (χ0) is 11.6. The molecule has 86 valence electrons. The van der Waals surface area contributed by atoms with E-state index in [1.54, 1.807) is 24.3 Å². The summed E-state index contributed by atoms with van der Waals surface area (Å²) in [6.45, 7) is 0.385. The van der Waals surface area contributed by atoms with E-state index in [2.05, 4.69) is 0 Å². The molecule has 16 heavy (non-hydrogen) atoms. The highest BCUT2D eigenvalue weighted by Crippen LogP contribution is 2.30. The Kier molecular flexibility index (Phi) is 2.80. The topological polar surface area (TPSA) is 75.8 Å². The smallest absolute Gasteiger partial charge is 0.279 e. The van der Waals surface area contributed by atoms with Gasteiger partial charge in [-0.1, -0.05) is 18.2 Å². The summed E-state index contributed by atoms with van der Waals surface area (Å²) in [5.41, 5.74) is 3.89. The summed E-state index contributed by atoms with van der Waals surface area (Å²) < 4.78 is 5.54. The molecule has 1 aromatic carbocycles. The van der Waals surface area contributed by atoms with Gasteiger partial charge in [-0.15, -0.1) is 5.06 Å². The number of hydrogen-bond acceptors (Lipinski definition) is 4. The molecule has 1 aromatic rings. The largest absolute Gasteiger partial charge is 0.461 e. The first-order chi connectivity index (χ1) is 7.65. The van der Waals surface area contributed by atoms with Gasteiger partial charge in [-0.25, -0.2) is 0 Å². The van der Waals surface area contributed by atoms with Crippen LogP contribution in [0.2, 0.25) is 0 Å². The fourth-order valence-electron chi connectivity index (χ4n) is 1.87. The summed E-state index contributed by atoms with van der Waals surface area (Å²) in [4.78, 5) is 11.4. The van der Waals surface area contributed by atoms with Gasteiger partial charge < -0.3 is 15.7 Å². The van der Waals surface area contributed by atoms with Crippen LogP contribution >= 0.6 is 0 Å². The van der Waals surface area contributed by atoms with E-state index in [9.17, 15) is 10.0 Å². The molecule has 1 atom stereocenters. The fourth-order valence-corrected chi connectivity index (χ4v) is 1.87. The number of ether oxygens (including phenoxy) is 1. The molecular formula is C11H14N2O3. The third-order valence-corrected chi connectivity index (χ3v) is 2.72. The molecule has 5 nitrogen and oxygen atoms in total. The third-order valence-electron chi connectivity index (χ3n) is 2.72. The van der Waals surface area contributed by atoms with E-state index in [4.69, 9.17) is 10.5 Å². The Balaban J connectivity index is 2.25. The van der Waals surface area contributed by atoms with Crippen molar-refractivity contribution in [3.8, 4) is 5.75 Å². The van der Waals surface area contributed by atoms with Crippen LogP contribution in [0.25, 0.3) is 0 Å². The van der Waals surface area contributed by atoms with Gasteiger partial charge in [-0.2, -0.15) is 0 Å². The van der Waals surface area contributed by atoms with Crippen LogP contribution in [-0.4, -0.2) is 28.4 Å². The van der Waals surface area contributed by atoms with Crippen molar-refractivity contribution in [2.24, 2.45) is 5.73 Å². The number of primary amides is 1. The van der Waals surface area contributed by atoms with Gasteiger partial charge >= 0.3 is 0 Å². The van der Waals surface area contributed by atoms with Gasteiger partial charge in [0.15, 0.2) is 0 Å². The molecular weight excluding hydrogens is 208 g/mol. The lowest BCUT2D eigenvalue weighted by Crippen LogP contribution is -2.56. The predicted octanol–water partition coefficient (Wildman–Crippen LogP) is 0.732. The number of benzene rings is 1. The maximum absolute atomic E-state index is 11.4. The Morgan fingerprint density at radius 1 is 1.44 bits per heavy atom. The van der Waals surface area contributed by atoms with E-state index in [0.717, 1.165) is 5.06 Å². The van der Waals surface area contributed by atoms with Crippen molar-refractivity contribution in [2.45, 2.75) is 18.6 Å². The summed E-state index contributed by atoms with van der Waals surface area (Å²) in [5, 5.41) is 10.6. The van der Waals surface area contributed by atoms with Gasteiger partial charge in [0.1, 0.15) is 5.75 Å². The molecule has 5 heteroatoms. The summed E-state index contributed by atoms with van der Waals surface area (Å²) in [7, 11) is 0. The SMILES string of the molecule is NC(=O)[C@]1(Oc2ccccc2)CCCN1O. The molecule has 1 aliphatic heterocycles. The number of amides is 1. The van der Waals surface area contributed by atoms with E-state index >= 15 is 0 Å². The Morgan fingerprint density at radius 3 is 2.62 bits per heavy atom. The number of hydroxylamine groups is 2. The number of para-hydroxylation sites is 1. The minimum Gasteiger partial charge on any atom is -0.461 e. The zero-order valence-corrected chi connectivity index (χ0v) is 8.80. The minimum atomic E-state index is -1.42. The zero-order valence-electron chi connectivity index (χ0n) is 8.80. The molecule has 0 radical (unpaired) electrons. The highest BCUT2D eigenvalue weighted by atomic mass is 16.6. The molecule has 0 bridgehead atoms. The molecule has 1 amide bonds. The molecule has 3 N–H and O–H groups in total. The summed E-state index contributed by atoms with van der Waals surface area (Å²) in [6, 6.07) is 8.87. The monoisotopic (exact) mass is 222 g/mol. The molecule has 0 spiro atoms. The van der Waals surface area contributed by atoms with Crippen molar-refractivity contribution in [1.29, 1.82) is 0 Å². The summed E-state index contributed by atoms with van der Waals surface area (Å²) >= 11 is 0. The first kappa shape index (κ1) is 10.9. The van der Waals surface area contributed by atoms with Gasteiger partial charge in [0.2, 0.25) is 0 Å². The van der Waals surface area contributed by atoms with Gasteiger partial charge in [-0.05, 0) is 18.6 Å². The van der Waals surface area contributed by atoms with E-state index in [1.165, 1.54) is 0 Å². The maximum Gasteiger partial charge on any atom is 0.279 e. The standard InChI is InChI=1S/C11H14N2O3/c12-10(14)11(7-4-8-13(11)15)16-9-5-2-1-3-6-9/h1-3,5-6,15H,4,7-8H2,(H2,12,14)/t11-/m1/s1. The average Bonchev–Trinajstić information content (AvgIpc) is 2.63. The van der Waals surface area contributed by atoms with E-state index < -0.39 is 11.6 Å². The van der Waals surface area contributed by atoms with E-state index in [1.807, 2.05) is 6.07 Å². The lowest BCUT2D eigenvalue weighted by atomic mass is 10.1. The Hall–Kier alpha value is -1.59. The Labute approximate surface area is 93.4 Å². The molecule has 1 aliphatic rings. The number of hydrogen-bond donors (Lipinski definition) is 2.